The summed E-state index contributed by atoms with van der Waals surface area (Å²) in [4.78, 5) is 0.270. The number of hydrogen-bond donors (Lipinski definition) is 0. The molecular weight excluding hydrogens is 274 g/mol. The topological polar surface area (TPSA) is 0 Å². The molecular formula is C13H15BrF2. The number of rotatable bonds is 3. The lowest BCUT2D eigenvalue weighted by molar-refractivity contribution is 0.482. The third-order valence-corrected chi connectivity index (χ3v) is 4.43. The Kier molecular flexibility index (Phi) is 3.95. The normalized spacial score (nSPS) is 18.9. The van der Waals surface area contributed by atoms with Gasteiger partial charge in [-0.1, -0.05) is 40.9 Å². The van der Waals surface area contributed by atoms with Gasteiger partial charge in [0.1, 0.15) is 0 Å². The van der Waals surface area contributed by atoms with Crippen LogP contribution in [-0.4, -0.2) is 4.83 Å². The highest BCUT2D eigenvalue weighted by molar-refractivity contribution is 9.09. The van der Waals surface area contributed by atoms with Gasteiger partial charge in [0.2, 0.25) is 0 Å². The van der Waals surface area contributed by atoms with Crippen LogP contribution in [0.1, 0.15) is 31.2 Å². The first-order chi connectivity index (χ1) is 7.68. The summed E-state index contributed by atoms with van der Waals surface area (Å²) in [6, 6.07) is 4.40. The van der Waals surface area contributed by atoms with Gasteiger partial charge in [-0.05, 0) is 36.8 Å². The molecule has 1 unspecified atom stereocenters. The first kappa shape index (κ1) is 12.0. The van der Waals surface area contributed by atoms with Crippen molar-refractivity contribution in [3.05, 3.63) is 35.4 Å². The van der Waals surface area contributed by atoms with Crippen molar-refractivity contribution in [2.45, 2.75) is 36.9 Å². The Morgan fingerprint density at radius 2 is 1.94 bits per heavy atom. The zero-order valence-corrected chi connectivity index (χ0v) is 10.6. The molecule has 16 heavy (non-hydrogen) atoms. The van der Waals surface area contributed by atoms with Crippen molar-refractivity contribution in [3.8, 4) is 0 Å². The molecule has 0 nitrogen and oxygen atoms in total. The number of hydrogen-bond acceptors (Lipinski definition) is 0. The number of alkyl halides is 1. The van der Waals surface area contributed by atoms with E-state index in [-0.39, 0.29) is 4.83 Å². The molecule has 1 aliphatic carbocycles. The number of benzene rings is 1. The van der Waals surface area contributed by atoms with Gasteiger partial charge in [0, 0.05) is 4.83 Å². The van der Waals surface area contributed by atoms with Crippen LogP contribution in [-0.2, 0) is 6.42 Å². The molecule has 0 aromatic heterocycles. The van der Waals surface area contributed by atoms with E-state index in [4.69, 9.17) is 0 Å². The summed E-state index contributed by atoms with van der Waals surface area (Å²) in [5, 5.41) is 0. The summed E-state index contributed by atoms with van der Waals surface area (Å²) in [5.74, 6) is -0.823. The van der Waals surface area contributed by atoms with Crippen LogP contribution in [0, 0.1) is 17.6 Å². The van der Waals surface area contributed by atoms with Crippen molar-refractivity contribution >= 4 is 15.9 Å². The summed E-state index contributed by atoms with van der Waals surface area (Å²) in [6.45, 7) is 0. The van der Waals surface area contributed by atoms with E-state index in [0.29, 0.717) is 17.9 Å². The van der Waals surface area contributed by atoms with E-state index >= 15 is 0 Å². The summed E-state index contributed by atoms with van der Waals surface area (Å²) in [5.41, 5.74) is 0.480. The molecule has 1 aromatic rings. The largest absolute Gasteiger partial charge is 0.204 e. The van der Waals surface area contributed by atoms with Crippen LogP contribution in [0.4, 0.5) is 8.78 Å². The van der Waals surface area contributed by atoms with Crippen LogP contribution < -0.4 is 0 Å². The molecule has 1 fully saturated rings. The van der Waals surface area contributed by atoms with Crippen LogP contribution in [0.3, 0.4) is 0 Å². The molecule has 1 atom stereocenters. The third kappa shape index (κ3) is 2.62. The van der Waals surface area contributed by atoms with Crippen molar-refractivity contribution in [2.75, 3.05) is 0 Å². The fourth-order valence-corrected chi connectivity index (χ4v) is 3.28. The Hall–Kier alpha value is -0.440. The lowest BCUT2D eigenvalue weighted by Gasteiger charge is -2.17. The first-order valence-electron chi connectivity index (χ1n) is 5.75. The summed E-state index contributed by atoms with van der Waals surface area (Å²) >= 11 is 3.61. The smallest absolute Gasteiger partial charge is 0.162 e. The molecule has 0 bridgehead atoms. The predicted molar refractivity (Wildman–Crippen MR) is 64.7 cm³/mol. The summed E-state index contributed by atoms with van der Waals surface area (Å²) in [6.07, 6.45) is 5.50. The molecule has 0 amide bonds. The monoisotopic (exact) mass is 288 g/mol. The molecule has 88 valence electrons. The van der Waals surface area contributed by atoms with Crippen molar-refractivity contribution in [1.82, 2.24) is 0 Å². The highest BCUT2D eigenvalue weighted by atomic mass is 79.9. The van der Waals surface area contributed by atoms with Gasteiger partial charge in [-0.15, -0.1) is 0 Å². The zero-order valence-electron chi connectivity index (χ0n) is 9.06. The Bertz CT molecular complexity index is 359. The van der Waals surface area contributed by atoms with Gasteiger partial charge < -0.3 is 0 Å². The molecule has 0 aliphatic heterocycles. The van der Waals surface area contributed by atoms with Gasteiger partial charge in [-0.3, -0.25) is 0 Å². The highest BCUT2D eigenvalue weighted by Crippen LogP contribution is 2.33. The molecule has 0 N–H and O–H groups in total. The SMILES string of the molecule is Fc1cccc(CC(Br)C2CCCC2)c1F. The molecule has 0 heterocycles. The maximum atomic E-state index is 13.5. The average Bonchev–Trinajstić information content (AvgIpc) is 2.78. The Morgan fingerprint density at radius 1 is 1.25 bits per heavy atom. The second-order valence-electron chi connectivity index (χ2n) is 4.48. The van der Waals surface area contributed by atoms with Gasteiger partial charge >= 0.3 is 0 Å². The van der Waals surface area contributed by atoms with Crippen LogP contribution in [0.15, 0.2) is 18.2 Å². The van der Waals surface area contributed by atoms with Crippen LogP contribution in [0.25, 0.3) is 0 Å². The molecule has 0 radical (unpaired) electrons. The lowest BCUT2D eigenvalue weighted by Crippen LogP contribution is -2.14. The zero-order chi connectivity index (χ0) is 11.5. The van der Waals surface area contributed by atoms with Crippen molar-refractivity contribution < 1.29 is 8.78 Å². The van der Waals surface area contributed by atoms with E-state index in [0.717, 1.165) is 6.07 Å². The van der Waals surface area contributed by atoms with Crippen LogP contribution in [0.2, 0.25) is 0 Å². The van der Waals surface area contributed by atoms with Crippen molar-refractivity contribution in [2.24, 2.45) is 5.92 Å². The molecule has 0 saturated heterocycles. The lowest BCUT2D eigenvalue weighted by atomic mass is 9.98. The molecule has 1 saturated carbocycles. The first-order valence-corrected chi connectivity index (χ1v) is 6.67. The maximum Gasteiger partial charge on any atom is 0.162 e. The summed E-state index contributed by atoms with van der Waals surface area (Å²) in [7, 11) is 0. The van der Waals surface area contributed by atoms with E-state index < -0.39 is 11.6 Å². The Morgan fingerprint density at radius 3 is 2.62 bits per heavy atom. The molecule has 3 heteroatoms. The number of halogens is 3. The van der Waals surface area contributed by atoms with E-state index in [1.807, 2.05) is 0 Å². The predicted octanol–water partition coefficient (Wildman–Crippen LogP) is 4.46. The molecule has 2 rings (SSSR count). The quantitative estimate of drug-likeness (QED) is 0.721. The van der Waals surface area contributed by atoms with Crippen LogP contribution in [0.5, 0.6) is 0 Å². The average molecular weight is 289 g/mol. The minimum atomic E-state index is -0.747. The van der Waals surface area contributed by atoms with Crippen molar-refractivity contribution in [1.29, 1.82) is 0 Å². The molecule has 1 aromatic carbocycles. The second-order valence-corrected chi connectivity index (χ2v) is 5.65. The fourth-order valence-electron chi connectivity index (χ4n) is 2.40. The second kappa shape index (κ2) is 5.26. The molecule has 0 spiro atoms. The van der Waals surface area contributed by atoms with Gasteiger partial charge in [-0.25, -0.2) is 8.78 Å². The summed E-state index contributed by atoms with van der Waals surface area (Å²) < 4.78 is 26.5. The van der Waals surface area contributed by atoms with Gasteiger partial charge in [-0.2, -0.15) is 0 Å². The van der Waals surface area contributed by atoms with Gasteiger partial charge in [0.15, 0.2) is 11.6 Å². The molecule has 1 aliphatic rings. The van der Waals surface area contributed by atoms with Gasteiger partial charge in [0.25, 0.3) is 0 Å². The fraction of sp³-hybridized carbons (Fsp3) is 0.538. The van der Waals surface area contributed by atoms with E-state index in [1.54, 1.807) is 12.1 Å². The van der Waals surface area contributed by atoms with Gasteiger partial charge in [0.05, 0.1) is 0 Å². The standard InChI is InChI=1S/C13H15BrF2/c14-11(9-4-1-2-5-9)8-10-6-3-7-12(15)13(10)16/h3,6-7,9,11H,1-2,4-5,8H2. The minimum Gasteiger partial charge on any atom is -0.204 e. The third-order valence-electron chi connectivity index (χ3n) is 3.36. The van der Waals surface area contributed by atoms with Crippen LogP contribution >= 0.6 is 15.9 Å². The van der Waals surface area contributed by atoms with E-state index in [1.165, 1.54) is 25.7 Å². The minimum absolute atomic E-state index is 0.270. The highest BCUT2D eigenvalue weighted by Gasteiger charge is 2.24. The Labute approximate surface area is 103 Å². The Balaban J connectivity index is 2.05. The van der Waals surface area contributed by atoms with Crippen molar-refractivity contribution in [3.63, 3.8) is 0 Å². The van der Waals surface area contributed by atoms with E-state index in [2.05, 4.69) is 15.9 Å². The maximum absolute atomic E-state index is 13.5. The van der Waals surface area contributed by atoms with E-state index in [9.17, 15) is 8.78 Å².